The topological polar surface area (TPSA) is 92.2 Å². The fraction of sp³-hybridized carbons (Fsp3) is 0.464. The van der Waals surface area contributed by atoms with Crippen LogP contribution in [0, 0.1) is 0 Å². The van der Waals surface area contributed by atoms with Crippen molar-refractivity contribution in [2.45, 2.75) is 57.5 Å². The number of aliphatic hydroxyl groups is 1. The lowest BCUT2D eigenvalue weighted by molar-refractivity contribution is -0.0224. The third-order valence-electron chi connectivity index (χ3n) is 7.42. The number of aromatic nitrogens is 4. The molecule has 37 heavy (non-hydrogen) atoms. The maximum absolute atomic E-state index is 11.2. The Bertz CT molecular complexity index is 1320. The van der Waals surface area contributed by atoms with Crippen LogP contribution in [0.3, 0.4) is 0 Å². The van der Waals surface area contributed by atoms with Crippen LogP contribution in [0.5, 0.6) is 0 Å². The highest BCUT2D eigenvalue weighted by Gasteiger charge is 2.33. The van der Waals surface area contributed by atoms with Crippen molar-refractivity contribution in [1.82, 2.24) is 24.5 Å². The van der Waals surface area contributed by atoms with E-state index in [4.69, 9.17) is 24.2 Å². The second kappa shape index (κ2) is 9.89. The molecule has 3 aromatic heterocycles. The number of rotatable bonds is 6. The zero-order chi connectivity index (χ0) is 25.4. The highest BCUT2D eigenvalue weighted by atomic mass is 16.5. The minimum absolute atomic E-state index is 0.108. The Labute approximate surface area is 216 Å². The van der Waals surface area contributed by atoms with E-state index in [1.54, 1.807) is 6.26 Å². The molecule has 0 bridgehead atoms. The number of nitrogens with zero attached hydrogens (tertiary/aromatic N) is 6. The second-order valence-electron chi connectivity index (χ2n) is 10.6. The number of furan rings is 1. The summed E-state index contributed by atoms with van der Waals surface area (Å²) in [6.45, 7) is 7.98. The van der Waals surface area contributed by atoms with Crippen LogP contribution in [0.25, 0.3) is 17.2 Å². The zero-order valence-corrected chi connectivity index (χ0v) is 21.5. The lowest BCUT2D eigenvalue weighted by atomic mass is 9.85. The predicted molar refractivity (Wildman–Crippen MR) is 140 cm³/mol. The summed E-state index contributed by atoms with van der Waals surface area (Å²) in [5, 5.41) is 16.0. The van der Waals surface area contributed by atoms with Gasteiger partial charge in [0.15, 0.2) is 11.4 Å². The Kier molecular flexibility index (Phi) is 6.44. The van der Waals surface area contributed by atoms with E-state index in [1.807, 2.05) is 41.0 Å². The quantitative estimate of drug-likeness (QED) is 0.428. The molecule has 0 radical (unpaired) electrons. The molecule has 0 aliphatic carbocycles. The molecule has 0 saturated carbocycles. The first-order valence-electron chi connectivity index (χ1n) is 13.1. The van der Waals surface area contributed by atoms with E-state index in [-0.39, 0.29) is 12.2 Å². The summed E-state index contributed by atoms with van der Waals surface area (Å²) < 4.78 is 13.4. The van der Waals surface area contributed by atoms with Gasteiger partial charge in [-0.15, -0.1) is 5.10 Å². The van der Waals surface area contributed by atoms with Gasteiger partial charge in [0.1, 0.15) is 0 Å². The van der Waals surface area contributed by atoms with Crippen LogP contribution < -0.4 is 4.90 Å². The number of hydrogen-bond acceptors (Lipinski definition) is 8. The maximum Gasteiger partial charge on any atom is 0.228 e. The first-order valence-corrected chi connectivity index (χ1v) is 13.1. The summed E-state index contributed by atoms with van der Waals surface area (Å²) in [7, 11) is 0. The fourth-order valence-corrected chi connectivity index (χ4v) is 5.61. The molecule has 9 nitrogen and oxygen atoms in total. The molecule has 2 fully saturated rings. The summed E-state index contributed by atoms with van der Waals surface area (Å²) in [5.41, 5.74) is 2.31. The van der Waals surface area contributed by atoms with Gasteiger partial charge < -0.3 is 19.2 Å². The third-order valence-corrected chi connectivity index (χ3v) is 7.42. The molecule has 2 unspecified atom stereocenters. The molecule has 5 heterocycles. The van der Waals surface area contributed by atoms with Crippen LogP contribution in [-0.2, 0) is 17.7 Å². The van der Waals surface area contributed by atoms with Crippen LogP contribution in [0.15, 0.2) is 59.3 Å². The van der Waals surface area contributed by atoms with Crippen molar-refractivity contribution in [3.63, 3.8) is 0 Å². The van der Waals surface area contributed by atoms with Gasteiger partial charge in [-0.05, 0) is 44.4 Å². The molecule has 6 rings (SSSR count). The van der Waals surface area contributed by atoms with Crippen molar-refractivity contribution in [3.05, 3.63) is 66.1 Å². The summed E-state index contributed by atoms with van der Waals surface area (Å²) in [6, 6.07) is 14.0. The van der Waals surface area contributed by atoms with E-state index < -0.39 is 5.60 Å². The van der Waals surface area contributed by atoms with E-state index in [2.05, 4.69) is 35.8 Å². The Morgan fingerprint density at radius 1 is 1.03 bits per heavy atom. The van der Waals surface area contributed by atoms with Gasteiger partial charge in [-0.25, -0.2) is 9.97 Å². The molecule has 1 N–H and O–H groups in total. The van der Waals surface area contributed by atoms with Crippen molar-refractivity contribution in [3.8, 4) is 11.6 Å². The van der Waals surface area contributed by atoms with E-state index in [0.717, 1.165) is 56.2 Å². The lowest BCUT2D eigenvalue weighted by Crippen LogP contribution is -2.46. The van der Waals surface area contributed by atoms with Gasteiger partial charge in [-0.2, -0.15) is 4.52 Å². The van der Waals surface area contributed by atoms with Crippen LogP contribution in [0.2, 0.25) is 0 Å². The molecular weight excluding hydrogens is 468 g/mol. The number of fused-ring (bicyclic) bond motifs is 1. The lowest BCUT2D eigenvalue weighted by Gasteiger charge is -2.38. The largest absolute Gasteiger partial charge is 0.461 e. The molecule has 1 aromatic carbocycles. The molecule has 194 valence electrons. The van der Waals surface area contributed by atoms with E-state index in [9.17, 15) is 5.11 Å². The number of hydrogen-bond donors (Lipinski definition) is 1. The summed E-state index contributed by atoms with van der Waals surface area (Å²) in [5.74, 6) is 1.95. The average molecular weight is 503 g/mol. The standard InChI is InChI=1S/C28H34N6O3/c1-20-17-33(18-21(2)37-20)27-29-16-23(26-30-25(31-34(26)27)24-9-6-14-36-24)19-32-12-10-28(35,11-13-32)15-22-7-4-3-5-8-22/h3-9,14,16,20-21,35H,10-13,15,17-19H2,1-2H3. The first-order chi connectivity index (χ1) is 18.0. The molecule has 9 heteroatoms. The predicted octanol–water partition coefficient (Wildman–Crippen LogP) is 3.57. The van der Waals surface area contributed by atoms with Crippen molar-refractivity contribution >= 4 is 11.6 Å². The van der Waals surface area contributed by atoms with E-state index >= 15 is 0 Å². The summed E-state index contributed by atoms with van der Waals surface area (Å²) in [4.78, 5) is 14.3. The molecule has 2 aliphatic heterocycles. The maximum atomic E-state index is 11.2. The monoisotopic (exact) mass is 502 g/mol. The molecule has 2 saturated heterocycles. The highest BCUT2D eigenvalue weighted by molar-refractivity contribution is 5.58. The minimum Gasteiger partial charge on any atom is -0.461 e. The van der Waals surface area contributed by atoms with Crippen molar-refractivity contribution in [1.29, 1.82) is 0 Å². The Morgan fingerprint density at radius 3 is 2.49 bits per heavy atom. The molecule has 0 spiro atoms. The fourth-order valence-electron chi connectivity index (χ4n) is 5.61. The molecule has 4 aromatic rings. The van der Waals surface area contributed by atoms with Gasteiger partial charge in [-0.3, -0.25) is 4.90 Å². The average Bonchev–Trinajstić information content (AvgIpc) is 3.56. The second-order valence-corrected chi connectivity index (χ2v) is 10.6. The number of ether oxygens (including phenoxy) is 1. The van der Waals surface area contributed by atoms with Gasteiger partial charge in [0.25, 0.3) is 0 Å². The number of benzene rings is 1. The highest BCUT2D eigenvalue weighted by Crippen LogP contribution is 2.29. The van der Waals surface area contributed by atoms with E-state index in [0.29, 0.717) is 24.6 Å². The number of morpholine rings is 1. The van der Waals surface area contributed by atoms with Crippen molar-refractivity contribution < 1.29 is 14.3 Å². The summed E-state index contributed by atoms with van der Waals surface area (Å²) in [6.07, 6.45) is 5.94. The molecule has 2 atom stereocenters. The third kappa shape index (κ3) is 5.12. The number of anilines is 1. The van der Waals surface area contributed by atoms with Crippen LogP contribution in [0.1, 0.15) is 37.8 Å². The van der Waals surface area contributed by atoms with E-state index in [1.165, 1.54) is 5.56 Å². The Balaban J connectivity index is 1.25. The minimum atomic E-state index is -0.666. The zero-order valence-electron chi connectivity index (χ0n) is 21.5. The van der Waals surface area contributed by atoms with Crippen molar-refractivity contribution in [2.75, 3.05) is 31.1 Å². The van der Waals surface area contributed by atoms with Gasteiger partial charge in [0, 0.05) is 50.9 Å². The molecular formula is C28H34N6O3. The smallest absolute Gasteiger partial charge is 0.228 e. The van der Waals surface area contributed by atoms with Crippen LogP contribution in [-0.4, -0.2) is 73.6 Å². The number of piperidine rings is 1. The first kappa shape index (κ1) is 24.1. The van der Waals surface area contributed by atoms with Crippen molar-refractivity contribution in [2.24, 2.45) is 0 Å². The van der Waals surface area contributed by atoms with Gasteiger partial charge in [-0.1, -0.05) is 30.3 Å². The SMILES string of the molecule is CC1CN(c2ncc(CN3CCC(O)(Cc4ccccc4)CC3)c3nc(-c4ccco4)nn23)CC(C)O1. The Hall–Kier alpha value is -3.27. The van der Waals surface area contributed by atoms with Crippen LogP contribution in [0.4, 0.5) is 5.95 Å². The van der Waals surface area contributed by atoms with Gasteiger partial charge >= 0.3 is 0 Å². The van der Waals surface area contributed by atoms with Gasteiger partial charge in [0.2, 0.25) is 11.8 Å². The Morgan fingerprint density at radius 2 is 1.78 bits per heavy atom. The van der Waals surface area contributed by atoms with Gasteiger partial charge in [0.05, 0.1) is 24.1 Å². The summed E-state index contributed by atoms with van der Waals surface area (Å²) >= 11 is 0. The van der Waals surface area contributed by atoms with Crippen LogP contribution >= 0.6 is 0 Å². The molecule has 0 amide bonds. The molecule has 2 aliphatic rings. The number of likely N-dealkylation sites (tertiary alicyclic amines) is 1. The normalized spacial score (nSPS) is 22.5.